The van der Waals surface area contributed by atoms with E-state index < -0.39 is 15.9 Å². The summed E-state index contributed by atoms with van der Waals surface area (Å²) in [4.78, 5) is 11.9. The number of carbonyl (C=O) groups is 1. The number of carbonyl (C=O) groups excluding carboxylic acids is 1. The average molecular weight is 483 g/mol. The van der Waals surface area contributed by atoms with E-state index in [0.29, 0.717) is 11.8 Å². The number of esters is 1. The van der Waals surface area contributed by atoms with Gasteiger partial charge in [-0.15, -0.1) is 0 Å². The van der Waals surface area contributed by atoms with Crippen LogP contribution in [-0.4, -0.2) is 31.3 Å². The third kappa shape index (κ3) is 13.9. The van der Waals surface area contributed by atoms with E-state index in [-0.39, 0.29) is 76.3 Å². The molecular formula is C24H43KO5S. The molecule has 0 aliphatic heterocycles. The van der Waals surface area contributed by atoms with Gasteiger partial charge in [0.05, 0.1) is 22.6 Å². The van der Waals surface area contributed by atoms with E-state index in [1.54, 1.807) is 0 Å². The van der Waals surface area contributed by atoms with Crippen LogP contribution >= 0.6 is 0 Å². The molecule has 0 bridgehead atoms. The minimum atomic E-state index is -4.24. The van der Waals surface area contributed by atoms with Crippen molar-refractivity contribution in [1.29, 1.82) is 0 Å². The molecule has 0 aromatic heterocycles. The molecule has 0 saturated heterocycles. The van der Waals surface area contributed by atoms with Crippen molar-refractivity contribution in [2.45, 2.75) is 92.4 Å². The quantitative estimate of drug-likeness (QED) is 0.140. The van der Waals surface area contributed by atoms with Crippen LogP contribution in [0.2, 0.25) is 0 Å². The summed E-state index contributed by atoms with van der Waals surface area (Å²) in [5.74, 6) is 1.40. The molecule has 0 spiro atoms. The molecule has 176 valence electrons. The van der Waals surface area contributed by atoms with Crippen LogP contribution in [-0.2, 0) is 19.6 Å². The zero-order valence-corrected chi connectivity index (χ0v) is 24.6. The first-order valence-electron chi connectivity index (χ1n) is 11.7. The van der Waals surface area contributed by atoms with Gasteiger partial charge in [0.25, 0.3) is 0 Å². The van der Waals surface area contributed by atoms with Crippen molar-refractivity contribution in [1.82, 2.24) is 0 Å². The summed E-state index contributed by atoms with van der Waals surface area (Å²) in [6.45, 7) is 11.2. The molecule has 1 aliphatic rings. The summed E-state index contributed by atoms with van der Waals surface area (Å²) < 4.78 is 36.7. The molecule has 1 fully saturated rings. The minimum absolute atomic E-state index is 0. The third-order valence-electron chi connectivity index (χ3n) is 6.74. The van der Waals surface area contributed by atoms with Gasteiger partial charge >= 0.3 is 57.4 Å². The monoisotopic (exact) mass is 482 g/mol. The van der Waals surface area contributed by atoms with Crippen LogP contribution in [0.4, 0.5) is 0 Å². The Bertz CT molecular complexity index is 631. The van der Waals surface area contributed by atoms with Crippen LogP contribution in [0, 0.1) is 29.1 Å². The Morgan fingerprint density at radius 1 is 1.16 bits per heavy atom. The van der Waals surface area contributed by atoms with Crippen LogP contribution < -0.4 is 51.4 Å². The number of hydrogen-bond donors (Lipinski definition) is 0. The van der Waals surface area contributed by atoms with Crippen LogP contribution in [0.1, 0.15) is 92.4 Å². The molecule has 7 heteroatoms. The molecule has 0 heterocycles. The standard InChI is InChI=1S/C24H44O5S.K/c1-6-20(21-13-15-22(16-14-21)24(3,4)5)12-9-7-8-11-19(2)23(25)29-17-10-18-30(26,27)28;/h7,9,19-22H,6,8,10-18H2,1-5H3,(H,26,27,28);/q;+1/p-1. The predicted molar refractivity (Wildman–Crippen MR) is 121 cm³/mol. The predicted octanol–water partition coefficient (Wildman–Crippen LogP) is 2.71. The maximum absolute atomic E-state index is 11.9. The van der Waals surface area contributed by atoms with Gasteiger partial charge in [0.1, 0.15) is 0 Å². The Morgan fingerprint density at radius 3 is 2.29 bits per heavy atom. The van der Waals surface area contributed by atoms with Crippen LogP contribution in [0.25, 0.3) is 0 Å². The summed E-state index contributed by atoms with van der Waals surface area (Å²) in [5.41, 5.74) is 0.429. The summed E-state index contributed by atoms with van der Waals surface area (Å²) in [6.07, 6.45) is 13.8. The molecule has 2 unspecified atom stereocenters. The van der Waals surface area contributed by atoms with Crippen molar-refractivity contribution >= 4 is 16.1 Å². The maximum atomic E-state index is 11.9. The number of ether oxygens (including phenoxy) is 1. The van der Waals surface area contributed by atoms with Crippen LogP contribution in [0.5, 0.6) is 0 Å². The average Bonchev–Trinajstić information content (AvgIpc) is 2.66. The molecule has 0 N–H and O–H groups in total. The smallest absolute Gasteiger partial charge is 0.748 e. The van der Waals surface area contributed by atoms with Gasteiger partial charge in [0.2, 0.25) is 0 Å². The van der Waals surface area contributed by atoms with Gasteiger partial charge < -0.3 is 9.29 Å². The van der Waals surface area contributed by atoms with E-state index >= 15 is 0 Å². The second kappa shape index (κ2) is 15.6. The first-order chi connectivity index (χ1) is 13.9. The molecule has 1 saturated carbocycles. The molecule has 1 aliphatic carbocycles. The molecule has 0 aromatic carbocycles. The number of hydrogen-bond acceptors (Lipinski definition) is 5. The number of allylic oxidation sites excluding steroid dienone is 2. The fraction of sp³-hybridized carbons (Fsp3) is 0.875. The van der Waals surface area contributed by atoms with Gasteiger partial charge in [-0.05, 0) is 74.5 Å². The topological polar surface area (TPSA) is 83.5 Å². The Labute approximate surface area is 233 Å². The van der Waals surface area contributed by atoms with E-state index in [0.717, 1.165) is 30.6 Å². The van der Waals surface area contributed by atoms with Gasteiger partial charge in [-0.3, -0.25) is 4.79 Å². The zero-order chi connectivity index (χ0) is 22.8. The molecule has 2 atom stereocenters. The molecule has 31 heavy (non-hydrogen) atoms. The summed E-state index contributed by atoms with van der Waals surface area (Å²) in [5, 5.41) is 0. The van der Waals surface area contributed by atoms with Crippen molar-refractivity contribution < 1.29 is 73.9 Å². The van der Waals surface area contributed by atoms with Crippen molar-refractivity contribution in [3.8, 4) is 0 Å². The molecular weight excluding hydrogens is 439 g/mol. The Balaban J connectivity index is 0.00000900. The SMILES string of the molecule is CCC(CC=CCCC(C)C(=O)OCCCS(=O)(=O)[O-])C1CCC(C(C)(C)C)CC1.[K+]. The zero-order valence-electron chi connectivity index (χ0n) is 20.7. The van der Waals surface area contributed by atoms with Gasteiger partial charge in [0.15, 0.2) is 0 Å². The van der Waals surface area contributed by atoms with Crippen molar-refractivity contribution in [3.05, 3.63) is 12.2 Å². The Kier molecular flexibility index (Phi) is 16.0. The Hall–Kier alpha value is 0.756. The van der Waals surface area contributed by atoms with Crippen LogP contribution in [0.15, 0.2) is 12.2 Å². The number of rotatable bonds is 12. The Morgan fingerprint density at radius 2 is 1.77 bits per heavy atom. The van der Waals surface area contributed by atoms with E-state index in [1.807, 2.05) is 6.92 Å². The summed E-state index contributed by atoms with van der Waals surface area (Å²) >= 11 is 0. The normalized spacial score (nSPS) is 22.0. The van der Waals surface area contributed by atoms with Gasteiger partial charge in [0, 0.05) is 5.75 Å². The van der Waals surface area contributed by atoms with Gasteiger partial charge in [-0.1, -0.05) is 53.2 Å². The molecule has 0 aromatic rings. The maximum Gasteiger partial charge on any atom is 1.00 e. The van der Waals surface area contributed by atoms with Crippen LogP contribution in [0.3, 0.4) is 0 Å². The van der Waals surface area contributed by atoms with Gasteiger partial charge in [-0.25, -0.2) is 8.42 Å². The molecule has 0 amide bonds. The van der Waals surface area contributed by atoms with Gasteiger partial charge in [-0.2, -0.15) is 0 Å². The largest absolute Gasteiger partial charge is 1.00 e. The molecule has 5 nitrogen and oxygen atoms in total. The first kappa shape index (κ1) is 31.8. The fourth-order valence-corrected chi connectivity index (χ4v) is 5.02. The summed E-state index contributed by atoms with van der Waals surface area (Å²) in [7, 11) is -4.24. The third-order valence-corrected chi connectivity index (χ3v) is 7.53. The van der Waals surface area contributed by atoms with Crippen molar-refractivity contribution in [2.75, 3.05) is 12.4 Å². The van der Waals surface area contributed by atoms with E-state index in [4.69, 9.17) is 4.74 Å². The van der Waals surface area contributed by atoms with E-state index in [1.165, 1.54) is 32.1 Å². The second-order valence-electron chi connectivity index (χ2n) is 10.1. The fourth-order valence-electron chi connectivity index (χ4n) is 4.55. The van der Waals surface area contributed by atoms with Crippen molar-refractivity contribution in [2.24, 2.45) is 29.1 Å². The molecule has 1 rings (SSSR count). The van der Waals surface area contributed by atoms with E-state index in [2.05, 4.69) is 39.8 Å². The minimum Gasteiger partial charge on any atom is -0.748 e. The first-order valence-corrected chi connectivity index (χ1v) is 13.3. The van der Waals surface area contributed by atoms with Crippen molar-refractivity contribution in [3.63, 3.8) is 0 Å². The summed E-state index contributed by atoms with van der Waals surface area (Å²) in [6, 6.07) is 0. The molecule has 0 radical (unpaired) electrons. The second-order valence-corrected chi connectivity index (χ2v) is 11.6. The van der Waals surface area contributed by atoms with E-state index in [9.17, 15) is 17.8 Å².